The monoisotopic (exact) mass is 982 g/mol. The number of aromatic nitrogens is 1. The van der Waals surface area contributed by atoms with E-state index in [1.54, 1.807) is 0 Å². The van der Waals surface area contributed by atoms with Crippen LogP contribution in [0.25, 0.3) is 10.9 Å². The van der Waals surface area contributed by atoms with Crippen LogP contribution in [0.5, 0.6) is 0 Å². The summed E-state index contributed by atoms with van der Waals surface area (Å²) in [5.74, 6) is -0.197. The van der Waals surface area contributed by atoms with Crippen LogP contribution < -0.4 is 5.73 Å². The van der Waals surface area contributed by atoms with Crippen LogP contribution in [0.15, 0.2) is 97.2 Å². The van der Waals surface area contributed by atoms with Gasteiger partial charge in [0.2, 0.25) is 0 Å². The van der Waals surface area contributed by atoms with E-state index in [1.165, 1.54) is 50.9 Å². The molecule has 0 saturated heterocycles. The van der Waals surface area contributed by atoms with Gasteiger partial charge in [0.1, 0.15) is 12.1 Å². The van der Waals surface area contributed by atoms with E-state index in [9.17, 15) is 9.18 Å². The molecule has 2 N–H and O–H groups in total. The minimum atomic E-state index is -0.823. The van der Waals surface area contributed by atoms with Crippen LogP contribution in [0, 0.1) is 47.4 Å². The molecule has 0 unspecified atom stereocenters. The first-order valence-electron chi connectivity index (χ1n) is 15.6. The van der Waals surface area contributed by atoms with Crippen molar-refractivity contribution in [2.24, 2.45) is 0 Å². The SMILES string of the molecule is C=C(C=O)Cc1ccccc1.CC.Cc1cc(C)c(C)c(N)c1.Cc1cc(C)c2cc(Cc3ccc(F)cc3)cnc2c1C.[B]I(I)I. The normalized spacial score (nSPS) is 10.0. The summed E-state index contributed by atoms with van der Waals surface area (Å²) in [6, 6.07) is 25.0. The van der Waals surface area contributed by atoms with Gasteiger partial charge in [-0.05, 0) is 128 Å². The predicted molar refractivity (Wildman–Crippen MR) is 235 cm³/mol. The molecule has 0 atom stereocenters. The van der Waals surface area contributed by atoms with Gasteiger partial charge in [0.05, 0.1) is 5.52 Å². The second-order valence-electron chi connectivity index (χ2n) is 11.1. The molecule has 0 fully saturated rings. The number of aryl methyl sites for hydroxylation is 5. The summed E-state index contributed by atoms with van der Waals surface area (Å²) < 4.78 is 13.0. The van der Waals surface area contributed by atoms with E-state index in [-0.39, 0.29) is 5.82 Å². The van der Waals surface area contributed by atoms with E-state index in [1.807, 2.05) is 75.5 Å². The van der Waals surface area contributed by atoms with E-state index >= 15 is 0 Å². The summed E-state index contributed by atoms with van der Waals surface area (Å²) >= 11 is 3.71. The van der Waals surface area contributed by atoms with Gasteiger partial charge in [-0.1, -0.05) is 75.0 Å². The maximum absolute atomic E-state index is 13.0. The number of nitrogen functional groups attached to an aromatic ring is 1. The number of rotatable bonds is 5. The van der Waals surface area contributed by atoms with Gasteiger partial charge in [-0.25, -0.2) is 4.39 Å². The zero-order chi connectivity index (χ0) is 36.4. The topological polar surface area (TPSA) is 56.0 Å². The fraction of sp³-hybridized carbons (Fsp3) is 0.250. The molecule has 0 aliphatic carbocycles. The van der Waals surface area contributed by atoms with Gasteiger partial charge < -0.3 is 5.73 Å². The fourth-order valence-electron chi connectivity index (χ4n) is 4.71. The van der Waals surface area contributed by atoms with Gasteiger partial charge in [-0.15, -0.1) is 0 Å². The number of aldehydes is 1. The van der Waals surface area contributed by atoms with Crippen LogP contribution >= 0.6 is 48.9 Å². The molecule has 0 aliphatic heterocycles. The average Bonchev–Trinajstić information content (AvgIpc) is 3.05. The van der Waals surface area contributed by atoms with Crippen LogP contribution in [-0.4, -0.2) is 17.0 Å². The molecule has 5 rings (SSSR count). The molecule has 2 radical (unpaired) electrons. The third-order valence-corrected chi connectivity index (χ3v) is 7.36. The molecule has 5 aromatic rings. The molecule has 254 valence electrons. The number of anilines is 1. The van der Waals surface area contributed by atoms with E-state index in [2.05, 4.69) is 102 Å². The van der Waals surface area contributed by atoms with Crippen molar-refractivity contribution in [3.8, 4) is 0 Å². The van der Waals surface area contributed by atoms with Crippen molar-refractivity contribution < 1.29 is 9.18 Å². The summed E-state index contributed by atoms with van der Waals surface area (Å²) in [5.41, 5.74) is 24.4. The number of carbonyl (C=O) groups is 1. The number of hydrogen-bond acceptors (Lipinski definition) is 3. The second kappa shape index (κ2) is 23.2. The molecule has 3 nitrogen and oxygen atoms in total. The zero-order valence-electron chi connectivity index (χ0n) is 29.3. The van der Waals surface area contributed by atoms with Crippen LogP contribution in [0.1, 0.15) is 63.9 Å². The molecule has 4 aromatic carbocycles. The Kier molecular flexibility index (Phi) is 21.1. The predicted octanol–water partition coefficient (Wildman–Crippen LogP) is 12.4. The van der Waals surface area contributed by atoms with Gasteiger partial charge in [0.15, 0.2) is 0 Å². The third-order valence-electron chi connectivity index (χ3n) is 7.36. The minimum absolute atomic E-state index is 0.197. The standard InChI is InChI=1S/C19H18FN.C10H10O.C9H13N.C2H6.BI3/c1-12-8-13(2)18-10-16(11-21-19(18)14(12)3)9-15-4-6-17(20)7-5-15;1-9(8-11)7-10-5-3-2-4-6-10;1-6-4-7(2)8(3)9(10)5-6;1-2;1-4(2)3/h4-8,10-11H,9H2,1-3H3;2-6,8H,1,7H2;4-5H,10H2,1-3H3;1-2H3;. The molecular weight excluding hydrogens is 935 g/mol. The van der Waals surface area contributed by atoms with E-state index in [4.69, 9.17) is 11.4 Å². The molecule has 1 aromatic heterocycles. The number of allylic oxidation sites excluding steroid dienone is 1. The summed E-state index contributed by atoms with van der Waals surface area (Å²) in [5, 5.41) is 1.21. The third kappa shape index (κ3) is 15.9. The first-order chi connectivity index (χ1) is 22.7. The van der Waals surface area contributed by atoms with Crippen molar-refractivity contribution in [1.29, 1.82) is 0 Å². The summed E-state index contributed by atoms with van der Waals surface area (Å²) in [6.45, 7) is 20.1. The molecule has 48 heavy (non-hydrogen) atoms. The molecule has 0 aliphatic rings. The van der Waals surface area contributed by atoms with Gasteiger partial charge in [0.25, 0.3) is 0 Å². The number of nitrogens with zero attached hydrogens (tertiary/aromatic N) is 1. The molecule has 0 bridgehead atoms. The molecule has 0 amide bonds. The number of nitrogens with two attached hydrogens (primary N) is 1. The van der Waals surface area contributed by atoms with Crippen molar-refractivity contribution in [2.75, 3.05) is 5.73 Å². The number of benzene rings is 4. The Morgan fingerprint density at radius 2 is 1.40 bits per heavy atom. The Bertz CT molecular complexity index is 1720. The van der Waals surface area contributed by atoms with E-state index < -0.39 is 11.7 Å². The summed E-state index contributed by atoms with van der Waals surface area (Å²) in [7, 11) is 0. The number of carbonyl (C=O) groups excluding carboxylic acids is 1. The Morgan fingerprint density at radius 3 is 1.94 bits per heavy atom. The van der Waals surface area contributed by atoms with Gasteiger partial charge in [-0.3, -0.25) is 9.78 Å². The maximum atomic E-state index is 13.0. The Balaban J connectivity index is 0.000000361. The van der Waals surface area contributed by atoms with E-state index in [0.29, 0.717) is 12.0 Å². The van der Waals surface area contributed by atoms with Crippen molar-refractivity contribution in [3.63, 3.8) is 0 Å². The Labute approximate surface area is 315 Å². The van der Waals surface area contributed by atoms with Crippen molar-refractivity contribution in [3.05, 3.63) is 153 Å². The summed E-state index contributed by atoms with van der Waals surface area (Å²) in [6.07, 6.45) is 4.16. The molecular formula is C40H47BFI3N2O. The molecule has 0 spiro atoms. The number of halogens is 4. The van der Waals surface area contributed by atoms with E-state index in [0.717, 1.165) is 40.6 Å². The van der Waals surface area contributed by atoms with Crippen molar-refractivity contribution in [1.82, 2.24) is 4.98 Å². The summed E-state index contributed by atoms with van der Waals surface area (Å²) in [4.78, 5) is 14.9. The fourth-order valence-corrected chi connectivity index (χ4v) is 4.71. The Morgan fingerprint density at radius 1 is 0.833 bits per heavy atom. The van der Waals surface area contributed by atoms with Gasteiger partial charge in [-0.2, -0.15) is 0 Å². The molecule has 8 heteroatoms. The van der Waals surface area contributed by atoms with Crippen LogP contribution in [0.2, 0.25) is 0 Å². The van der Waals surface area contributed by atoms with Crippen molar-refractivity contribution >= 4 is 77.5 Å². The first kappa shape index (κ1) is 43.7. The number of fused-ring (bicyclic) bond motifs is 1. The van der Waals surface area contributed by atoms with Crippen LogP contribution in [0.4, 0.5) is 10.1 Å². The average molecular weight is 982 g/mol. The first-order valence-corrected chi connectivity index (χ1v) is 29.4. The molecule has 0 saturated carbocycles. The number of pyridine rings is 1. The second-order valence-corrected chi connectivity index (χ2v) is 34.6. The van der Waals surface area contributed by atoms with Gasteiger partial charge >= 0.3 is 54.6 Å². The van der Waals surface area contributed by atoms with Crippen LogP contribution in [0.3, 0.4) is 0 Å². The molecule has 1 heterocycles. The number of hydrogen-bond donors (Lipinski definition) is 1. The zero-order valence-corrected chi connectivity index (χ0v) is 35.8. The Hall–Kier alpha value is -2.32. The van der Waals surface area contributed by atoms with Crippen molar-refractivity contribution in [2.45, 2.75) is 68.2 Å². The van der Waals surface area contributed by atoms with Gasteiger partial charge in [0, 0.05) is 23.7 Å². The quantitative estimate of drug-likeness (QED) is 0.0628. The van der Waals surface area contributed by atoms with Crippen LogP contribution in [-0.2, 0) is 17.6 Å².